The van der Waals surface area contributed by atoms with Crippen LogP contribution in [0.25, 0.3) is 0 Å². The summed E-state index contributed by atoms with van der Waals surface area (Å²) in [5, 5.41) is 3.04. The molecule has 1 aromatic rings. The monoisotopic (exact) mass is 226 g/mol. The van der Waals surface area contributed by atoms with Gasteiger partial charge >= 0.3 is 0 Å². The van der Waals surface area contributed by atoms with E-state index in [4.69, 9.17) is 5.73 Å². The van der Waals surface area contributed by atoms with Crippen molar-refractivity contribution >= 4 is 22.4 Å². The van der Waals surface area contributed by atoms with Crippen LogP contribution < -0.4 is 10.6 Å². The van der Waals surface area contributed by atoms with Crippen molar-refractivity contribution < 1.29 is 4.79 Å². The summed E-state index contributed by atoms with van der Waals surface area (Å²) in [5.41, 5.74) is 5.15. The lowest BCUT2D eigenvalue weighted by Crippen LogP contribution is -2.48. The molecule has 2 rings (SSSR count). The summed E-state index contributed by atoms with van der Waals surface area (Å²) in [6, 6.07) is 0. The molecule has 0 atom stereocenters. The Morgan fingerprint density at radius 1 is 1.47 bits per heavy atom. The van der Waals surface area contributed by atoms with Crippen LogP contribution in [-0.2, 0) is 4.79 Å². The maximum atomic E-state index is 10.7. The molecule has 1 aliphatic rings. The normalized spacial score (nSPS) is 18.0. The summed E-state index contributed by atoms with van der Waals surface area (Å²) in [6.07, 6.45) is 1.82. The largest absolute Gasteiger partial charge is 0.369 e. The summed E-state index contributed by atoms with van der Waals surface area (Å²) in [7, 11) is 0. The molecule has 15 heavy (non-hydrogen) atoms. The molecule has 2 heterocycles. The van der Waals surface area contributed by atoms with Crippen molar-refractivity contribution in [1.29, 1.82) is 0 Å². The number of nitrogens with zero attached hydrogens (tertiary/aromatic N) is 3. The number of thiazole rings is 1. The molecule has 1 amide bonds. The van der Waals surface area contributed by atoms with Crippen LogP contribution in [0, 0.1) is 0 Å². The molecule has 82 valence electrons. The topological polar surface area (TPSA) is 62.5 Å². The Bertz CT molecular complexity index is 319. The first-order valence-electron chi connectivity index (χ1n) is 4.91. The Labute approximate surface area is 92.5 Å². The number of nitrogens with two attached hydrogens (primary N) is 1. The standard InChI is InChI=1S/C9H14N4OS/c10-8(14)7-12-2-4-13(5-3-12)9-11-1-6-15-9/h1,6H,2-5,7H2,(H2,10,14). The maximum Gasteiger partial charge on any atom is 0.231 e. The van der Waals surface area contributed by atoms with Gasteiger partial charge in [-0.1, -0.05) is 0 Å². The lowest BCUT2D eigenvalue weighted by atomic mass is 10.3. The smallest absolute Gasteiger partial charge is 0.231 e. The predicted molar refractivity (Wildman–Crippen MR) is 60.0 cm³/mol. The van der Waals surface area contributed by atoms with Crippen LogP contribution in [0.2, 0.25) is 0 Å². The second-order valence-electron chi connectivity index (χ2n) is 3.54. The Morgan fingerprint density at radius 2 is 2.20 bits per heavy atom. The van der Waals surface area contributed by atoms with Crippen molar-refractivity contribution in [3.05, 3.63) is 11.6 Å². The minimum absolute atomic E-state index is 0.252. The van der Waals surface area contributed by atoms with Gasteiger partial charge in [0.2, 0.25) is 5.91 Å². The van der Waals surface area contributed by atoms with Gasteiger partial charge in [0.05, 0.1) is 6.54 Å². The molecule has 1 saturated heterocycles. The van der Waals surface area contributed by atoms with E-state index in [-0.39, 0.29) is 5.91 Å². The molecule has 0 aromatic carbocycles. The Balaban J connectivity index is 1.84. The minimum Gasteiger partial charge on any atom is -0.369 e. The zero-order valence-electron chi connectivity index (χ0n) is 8.43. The maximum absolute atomic E-state index is 10.7. The van der Waals surface area contributed by atoms with E-state index in [0.29, 0.717) is 6.54 Å². The lowest BCUT2D eigenvalue weighted by molar-refractivity contribution is -0.119. The summed E-state index contributed by atoms with van der Waals surface area (Å²) in [4.78, 5) is 19.3. The molecular weight excluding hydrogens is 212 g/mol. The van der Waals surface area contributed by atoms with Gasteiger partial charge in [0, 0.05) is 37.8 Å². The van der Waals surface area contributed by atoms with Crippen LogP contribution in [0.5, 0.6) is 0 Å². The highest BCUT2D eigenvalue weighted by molar-refractivity contribution is 7.13. The highest BCUT2D eigenvalue weighted by Crippen LogP contribution is 2.18. The van der Waals surface area contributed by atoms with Gasteiger partial charge < -0.3 is 10.6 Å². The van der Waals surface area contributed by atoms with Crippen LogP contribution in [0.4, 0.5) is 5.13 Å². The van der Waals surface area contributed by atoms with Gasteiger partial charge in [-0.05, 0) is 0 Å². The van der Waals surface area contributed by atoms with E-state index < -0.39 is 0 Å². The molecule has 1 aromatic heterocycles. The minimum atomic E-state index is -0.252. The fourth-order valence-corrected chi connectivity index (χ4v) is 2.39. The number of hydrogen-bond acceptors (Lipinski definition) is 5. The number of piperazine rings is 1. The third-order valence-electron chi connectivity index (χ3n) is 2.44. The van der Waals surface area contributed by atoms with Gasteiger partial charge in [-0.25, -0.2) is 4.98 Å². The Morgan fingerprint density at radius 3 is 2.73 bits per heavy atom. The zero-order valence-corrected chi connectivity index (χ0v) is 9.24. The molecule has 1 fully saturated rings. The SMILES string of the molecule is NC(=O)CN1CCN(c2nccs2)CC1. The number of carbonyl (C=O) groups is 1. The molecule has 0 bridgehead atoms. The Hall–Kier alpha value is -1.14. The first kappa shape index (κ1) is 10.4. The molecule has 2 N–H and O–H groups in total. The van der Waals surface area contributed by atoms with Gasteiger partial charge in [-0.15, -0.1) is 11.3 Å². The van der Waals surface area contributed by atoms with Gasteiger partial charge in [0.25, 0.3) is 0 Å². The molecule has 0 saturated carbocycles. The van der Waals surface area contributed by atoms with Crippen LogP contribution >= 0.6 is 11.3 Å². The van der Waals surface area contributed by atoms with Crippen LogP contribution in [0.1, 0.15) is 0 Å². The van der Waals surface area contributed by atoms with Crippen molar-refractivity contribution in [2.75, 3.05) is 37.6 Å². The first-order valence-corrected chi connectivity index (χ1v) is 5.79. The Kier molecular flexibility index (Phi) is 3.17. The third-order valence-corrected chi connectivity index (χ3v) is 3.27. The molecule has 6 heteroatoms. The average molecular weight is 226 g/mol. The van der Waals surface area contributed by atoms with E-state index in [1.54, 1.807) is 11.3 Å². The van der Waals surface area contributed by atoms with Gasteiger partial charge in [0.15, 0.2) is 5.13 Å². The number of rotatable bonds is 3. The second kappa shape index (κ2) is 4.59. The van der Waals surface area contributed by atoms with E-state index in [2.05, 4.69) is 14.8 Å². The molecule has 0 unspecified atom stereocenters. The van der Waals surface area contributed by atoms with Crippen molar-refractivity contribution in [3.8, 4) is 0 Å². The fourth-order valence-electron chi connectivity index (χ4n) is 1.69. The molecule has 0 radical (unpaired) electrons. The van der Waals surface area contributed by atoms with E-state index >= 15 is 0 Å². The zero-order chi connectivity index (χ0) is 10.7. The van der Waals surface area contributed by atoms with Gasteiger partial charge in [-0.3, -0.25) is 9.69 Å². The van der Waals surface area contributed by atoms with Crippen molar-refractivity contribution in [2.45, 2.75) is 0 Å². The molecule has 1 aliphatic heterocycles. The fraction of sp³-hybridized carbons (Fsp3) is 0.556. The van der Waals surface area contributed by atoms with Crippen molar-refractivity contribution in [2.24, 2.45) is 5.73 Å². The van der Waals surface area contributed by atoms with Gasteiger partial charge in [-0.2, -0.15) is 0 Å². The van der Waals surface area contributed by atoms with E-state index in [1.165, 1.54) is 0 Å². The van der Waals surface area contributed by atoms with Crippen LogP contribution in [0.3, 0.4) is 0 Å². The summed E-state index contributed by atoms with van der Waals surface area (Å²) < 4.78 is 0. The molecule has 0 spiro atoms. The van der Waals surface area contributed by atoms with Crippen LogP contribution in [-0.4, -0.2) is 48.5 Å². The van der Waals surface area contributed by atoms with E-state index in [9.17, 15) is 4.79 Å². The van der Waals surface area contributed by atoms with Crippen LogP contribution in [0.15, 0.2) is 11.6 Å². The van der Waals surface area contributed by atoms with Crippen molar-refractivity contribution in [1.82, 2.24) is 9.88 Å². The number of primary amides is 1. The summed E-state index contributed by atoms with van der Waals surface area (Å²) >= 11 is 1.65. The number of amides is 1. The number of aromatic nitrogens is 1. The highest BCUT2D eigenvalue weighted by Gasteiger charge is 2.19. The highest BCUT2D eigenvalue weighted by atomic mass is 32.1. The molecule has 0 aliphatic carbocycles. The average Bonchev–Trinajstić information content (AvgIpc) is 2.71. The summed E-state index contributed by atoms with van der Waals surface area (Å²) in [5.74, 6) is -0.252. The van der Waals surface area contributed by atoms with Crippen molar-refractivity contribution in [3.63, 3.8) is 0 Å². The lowest BCUT2D eigenvalue weighted by Gasteiger charge is -2.33. The first-order chi connectivity index (χ1) is 7.25. The molecular formula is C9H14N4OS. The number of carbonyl (C=O) groups excluding carboxylic acids is 1. The van der Waals surface area contributed by atoms with E-state index in [1.807, 2.05) is 11.6 Å². The number of anilines is 1. The van der Waals surface area contributed by atoms with Gasteiger partial charge in [0.1, 0.15) is 0 Å². The van der Waals surface area contributed by atoms with E-state index in [0.717, 1.165) is 31.3 Å². The summed E-state index contributed by atoms with van der Waals surface area (Å²) in [6.45, 7) is 3.96. The molecule has 5 nitrogen and oxygen atoms in total. The third kappa shape index (κ3) is 2.66. The second-order valence-corrected chi connectivity index (χ2v) is 4.42. The predicted octanol–water partition coefficient (Wildman–Crippen LogP) is -0.250. The number of hydrogen-bond donors (Lipinski definition) is 1. The quantitative estimate of drug-likeness (QED) is 0.772.